The van der Waals surface area contributed by atoms with Gasteiger partial charge in [0.2, 0.25) is 0 Å². The minimum absolute atomic E-state index is 0. The molecular formula is C11H23ClN4O4. The van der Waals surface area contributed by atoms with E-state index >= 15 is 0 Å². The molecule has 0 radical (unpaired) electrons. The van der Waals surface area contributed by atoms with Crippen LogP contribution < -0.4 is 16.8 Å². The van der Waals surface area contributed by atoms with E-state index in [1.54, 1.807) is 0 Å². The number of rotatable bonds is 9. The summed E-state index contributed by atoms with van der Waals surface area (Å²) >= 11 is 0. The molecule has 0 rings (SSSR count). The number of nitrogens with zero attached hydrogens (tertiary/aromatic N) is 1. The third-order valence-electron chi connectivity index (χ3n) is 2.27. The lowest BCUT2D eigenvalue weighted by Crippen LogP contribution is -2.41. The number of nitrogens with two attached hydrogens (primary N) is 2. The molecule has 0 aliphatic heterocycles. The summed E-state index contributed by atoms with van der Waals surface area (Å²) in [5.74, 6) is -1.16. The van der Waals surface area contributed by atoms with Gasteiger partial charge in [0.25, 0.3) is 0 Å². The van der Waals surface area contributed by atoms with Crippen LogP contribution in [0.3, 0.4) is 0 Å². The van der Waals surface area contributed by atoms with Crippen molar-refractivity contribution in [2.24, 2.45) is 16.5 Å². The van der Waals surface area contributed by atoms with Crippen molar-refractivity contribution >= 4 is 30.4 Å². The van der Waals surface area contributed by atoms with E-state index in [0.717, 1.165) is 12.8 Å². The number of hydrogen-bond acceptors (Lipinski definition) is 4. The molecule has 1 amide bonds. The van der Waals surface area contributed by atoms with Gasteiger partial charge >= 0.3 is 12.1 Å². The number of carboxylic acids is 1. The molecule has 0 spiro atoms. The van der Waals surface area contributed by atoms with E-state index in [-0.39, 0.29) is 31.4 Å². The third-order valence-corrected chi connectivity index (χ3v) is 2.27. The van der Waals surface area contributed by atoms with Crippen LogP contribution in [0.15, 0.2) is 4.99 Å². The first-order valence-corrected chi connectivity index (χ1v) is 6.18. The van der Waals surface area contributed by atoms with Crippen LogP contribution in [0.4, 0.5) is 4.79 Å². The average molecular weight is 311 g/mol. The van der Waals surface area contributed by atoms with Gasteiger partial charge in [0.05, 0.1) is 6.61 Å². The lowest BCUT2D eigenvalue weighted by molar-refractivity contribution is -0.139. The number of guanidine groups is 1. The zero-order chi connectivity index (χ0) is 14.7. The molecular weight excluding hydrogens is 288 g/mol. The number of alkyl carbamates (subject to hydrolysis) is 1. The van der Waals surface area contributed by atoms with E-state index in [4.69, 9.17) is 21.3 Å². The van der Waals surface area contributed by atoms with E-state index in [0.29, 0.717) is 13.0 Å². The van der Waals surface area contributed by atoms with E-state index in [2.05, 4.69) is 10.3 Å². The summed E-state index contributed by atoms with van der Waals surface area (Å²) in [4.78, 5) is 26.0. The van der Waals surface area contributed by atoms with Crippen molar-refractivity contribution in [1.29, 1.82) is 0 Å². The number of ether oxygens (including phenoxy) is 1. The number of aliphatic carboxylic acids is 1. The Balaban J connectivity index is 0. The van der Waals surface area contributed by atoms with Crippen LogP contribution in [0.1, 0.15) is 32.6 Å². The Labute approximate surface area is 124 Å². The molecule has 0 saturated carbocycles. The Bertz CT molecular complexity index is 322. The molecule has 0 aliphatic rings. The molecule has 1 atom stereocenters. The summed E-state index contributed by atoms with van der Waals surface area (Å²) in [6.45, 7) is 2.56. The van der Waals surface area contributed by atoms with Crippen molar-refractivity contribution in [1.82, 2.24) is 5.32 Å². The van der Waals surface area contributed by atoms with Crippen molar-refractivity contribution in [2.45, 2.75) is 38.6 Å². The normalized spacial score (nSPS) is 10.8. The molecule has 6 N–H and O–H groups in total. The Morgan fingerprint density at radius 1 is 1.35 bits per heavy atom. The molecule has 118 valence electrons. The lowest BCUT2D eigenvalue weighted by Gasteiger charge is -2.13. The minimum Gasteiger partial charge on any atom is -0.480 e. The van der Waals surface area contributed by atoms with Gasteiger partial charge in [-0.2, -0.15) is 0 Å². The fraction of sp³-hybridized carbons (Fsp3) is 0.727. The number of carbonyl (C=O) groups excluding carboxylic acids is 1. The maximum Gasteiger partial charge on any atom is 0.407 e. The smallest absolute Gasteiger partial charge is 0.407 e. The van der Waals surface area contributed by atoms with Crippen molar-refractivity contribution in [3.8, 4) is 0 Å². The number of carboxylic acid groups (broad SMARTS) is 1. The maximum atomic E-state index is 11.3. The first kappa shape index (κ1) is 20.6. The van der Waals surface area contributed by atoms with Crippen LogP contribution in [-0.4, -0.2) is 42.3 Å². The van der Waals surface area contributed by atoms with Gasteiger partial charge in [-0.3, -0.25) is 4.99 Å². The van der Waals surface area contributed by atoms with Gasteiger partial charge in [0.15, 0.2) is 5.96 Å². The second kappa shape index (κ2) is 12.3. The van der Waals surface area contributed by atoms with Gasteiger partial charge in [0, 0.05) is 6.54 Å². The van der Waals surface area contributed by atoms with Crippen molar-refractivity contribution < 1.29 is 19.4 Å². The van der Waals surface area contributed by atoms with Gasteiger partial charge < -0.3 is 26.6 Å². The highest BCUT2D eigenvalue weighted by Gasteiger charge is 2.19. The van der Waals surface area contributed by atoms with Crippen molar-refractivity contribution in [3.05, 3.63) is 0 Å². The number of unbranched alkanes of at least 4 members (excludes halogenated alkanes) is 1. The lowest BCUT2D eigenvalue weighted by atomic mass is 10.1. The fourth-order valence-corrected chi connectivity index (χ4v) is 1.25. The maximum absolute atomic E-state index is 11.3. The van der Waals surface area contributed by atoms with Crippen LogP contribution in [-0.2, 0) is 9.53 Å². The zero-order valence-corrected chi connectivity index (χ0v) is 12.3. The molecule has 0 aromatic heterocycles. The molecule has 0 bridgehead atoms. The molecule has 0 heterocycles. The van der Waals surface area contributed by atoms with Crippen molar-refractivity contribution in [3.63, 3.8) is 0 Å². The SMILES string of the molecule is CCCCOC(=O)N[C@H](CCCN=C(N)N)C(=O)O.Cl. The molecule has 0 aliphatic carbocycles. The molecule has 0 fully saturated rings. The molecule has 0 aromatic rings. The summed E-state index contributed by atoms with van der Waals surface area (Å²) in [6, 6.07) is -0.997. The van der Waals surface area contributed by atoms with Crippen LogP contribution in [0.5, 0.6) is 0 Å². The van der Waals surface area contributed by atoms with Crippen LogP contribution in [0.2, 0.25) is 0 Å². The molecule has 0 unspecified atom stereocenters. The summed E-state index contributed by atoms with van der Waals surface area (Å²) in [5.41, 5.74) is 10.3. The highest BCUT2D eigenvalue weighted by molar-refractivity contribution is 5.85. The second-order valence-electron chi connectivity index (χ2n) is 3.97. The first-order chi connectivity index (χ1) is 8.97. The Morgan fingerprint density at radius 2 is 2.00 bits per heavy atom. The number of hydrogen-bond donors (Lipinski definition) is 4. The van der Waals surface area contributed by atoms with Gasteiger partial charge in [-0.05, 0) is 19.3 Å². The third kappa shape index (κ3) is 11.4. The predicted octanol–water partition coefficient (Wildman–Crippen LogP) is 0.441. The first-order valence-electron chi connectivity index (χ1n) is 6.18. The van der Waals surface area contributed by atoms with Crippen LogP contribution >= 0.6 is 12.4 Å². The quantitative estimate of drug-likeness (QED) is 0.277. The monoisotopic (exact) mass is 310 g/mol. The molecule has 0 saturated heterocycles. The van der Waals surface area contributed by atoms with Crippen LogP contribution in [0.25, 0.3) is 0 Å². The largest absolute Gasteiger partial charge is 0.480 e. The number of amides is 1. The highest BCUT2D eigenvalue weighted by Crippen LogP contribution is 1.99. The summed E-state index contributed by atoms with van der Waals surface area (Å²) < 4.78 is 4.83. The topological polar surface area (TPSA) is 140 Å². The summed E-state index contributed by atoms with van der Waals surface area (Å²) in [6.07, 6.45) is 1.60. The summed E-state index contributed by atoms with van der Waals surface area (Å²) in [5, 5.41) is 11.2. The Morgan fingerprint density at radius 3 is 2.50 bits per heavy atom. The zero-order valence-electron chi connectivity index (χ0n) is 11.5. The number of carbonyl (C=O) groups is 2. The van der Waals surface area contributed by atoms with Crippen molar-refractivity contribution in [2.75, 3.05) is 13.2 Å². The molecule has 20 heavy (non-hydrogen) atoms. The fourth-order valence-electron chi connectivity index (χ4n) is 1.25. The van der Waals surface area contributed by atoms with Gasteiger partial charge in [-0.1, -0.05) is 13.3 Å². The highest BCUT2D eigenvalue weighted by atomic mass is 35.5. The van der Waals surface area contributed by atoms with Gasteiger partial charge in [-0.15, -0.1) is 12.4 Å². The van der Waals surface area contributed by atoms with E-state index in [1.807, 2.05) is 6.92 Å². The molecule has 9 heteroatoms. The van der Waals surface area contributed by atoms with E-state index in [1.165, 1.54) is 0 Å². The van der Waals surface area contributed by atoms with E-state index in [9.17, 15) is 9.59 Å². The van der Waals surface area contributed by atoms with Crippen LogP contribution in [0, 0.1) is 0 Å². The number of nitrogens with one attached hydrogen (secondary N) is 1. The number of halogens is 1. The van der Waals surface area contributed by atoms with Gasteiger partial charge in [-0.25, -0.2) is 9.59 Å². The summed E-state index contributed by atoms with van der Waals surface area (Å²) in [7, 11) is 0. The molecule has 0 aromatic carbocycles. The average Bonchev–Trinajstić information content (AvgIpc) is 2.32. The second-order valence-corrected chi connectivity index (χ2v) is 3.97. The predicted molar refractivity (Wildman–Crippen MR) is 78.0 cm³/mol. The number of aliphatic imine (C=N–C) groups is 1. The minimum atomic E-state index is -1.11. The standard InChI is InChI=1S/C11H22N4O4.ClH/c1-2-3-7-19-11(18)15-8(9(16)17)5-4-6-14-10(12)13;/h8H,2-7H2,1H3,(H,15,18)(H,16,17)(H4,12,13,14);1H/t8-;/m1./s1. The van der Waals surface area contributed by atoms with E-state index < -0.39 is 18.1 Å². The molecule has 8 nitrogen and oxygen atoms in total. The Kier molecular flexibility index (Phi) is 12.7. The van der Waals surface area contributed by atoms with Gasteiger partial charge in [0.1, 0.15) is 6.04 Å². The Hall–Kier alpha value is -1.70.